The van der Waals surface area contributed by atoms with E-state index in [1.165, 1.54) is 0 Å². The van der Waals surface area contributed by atoms with E-state index in [0.29, 0.717) is 29.4 Å². The van der Waals surface area contributed by atoms with Crippen molar-refractivity contribution in [1.82, 2.24) is 10.6 Å². The number of thiocarbonyl (C=S) groups is 1. The van der Waals surface area contributed by atoms with E-state index in [9.17, 15) is 44.3 Å². The monoisotopic (exact) mass is 1090 g/mol. The van der Waals surface area contributed by atoms with E-state index in [0.717, 1.165) is 38.7 Å². The molecule has 0 saturated carbocycles. The molecule has 10 nitrogen and oxygen atoms in total. The minimum absolute atomic E-state index is 0.131. The number of anilines is 2. The first-order valence-electron chi connectivity index (χ1n) is 23.2. The molecule has 7 aromatic carbocycles. The fraction of sp³-hybridized carbons (Fsp3) is 0.200. The maximum Gasteiger partial charge on any atom is 0.416 e. The molecule has 8 rings (SSSR count). The highest BCUT2D eigenvalue weighted by molar-refractivity contribution is 7.87. The summed E-state index contributed by atoms with van der Waals surface area (Å²) in [5.41, 5.74) is -3.85. The lowest BCUT2D eigenvalue weighted by atomic mass is 10.1. The molecule has 0 spiro atoms. The van der Waals surface area contributed by atoms with Gasteiger partial charge in [-0.15, -0.1) is 0 Å². The van der Waals surface area contributed by atoms with Crippen LogP contribution in [0.25, 0.3) is 0 Å². The summed E-state index contributed by atoms with van der Waals surface area (Å²) in [7, 11) is 1.85. The highest BCUT2D eigenvalue weighted by atomic mass is 32.1. The van der Waals surface area contributed by atoms with Crippen molar-refractivity contribution in [2.24, 2.45) is 4.74 Å². The van der Waals surface area contributed by atoms with E-state index in [2.05, 4.69) is 16.0 Å². The lowest BCUT2D eigenvalue weighted by molar-refractivity contribution is -0.143. The number of halogens is 9. The summed E-state index contributed by atoms with van der Waals surface area (Å²) in [6.45, 7) is 0.158. The zero-order chi connectivity index (χ0) is 54.4. The first kappa shape index (κ1) is 54.6. The van der Waals surface area contributed by atoms with Crippen LogP contribution in [0.15, 0.2) is 169 Å². The van der Waals surface area contributed by atoms with Gasteiger partial charge in [-0.2, -0.15) is 39.5 Å². The standard InChI is InChI=1S/C55H47F9N5O5PS/c1-71-39-14-20-42(21-15-39)75(43-22-16-40(72-2)17-23-43,44-24-18-41(73-3)19-25-44)65-32-47(33-9-5-4-6-10-33)68-52(76)69-50-45-12-8-7-11-34(45)27-49(50)74-48-26-13-35(53(56,57)58)31-46(48)67-51(70)66-38-29-36(54(59,60)61)28-37(30-38)55(62,63)64/h4-26,28-31,47,49-50H,27,32H2,1-3H3,(H2,66,67,70)(H2,68,69,76). The zero-order valence-corrected chi connectivity index (χ0v) is 42.2. The smallest absolute Gasteiger partial charge is 0.416 e. The van der Waals surface area contributed by atoms with Gasteiger partial charge >= 0.3 is 24.6 Å². The van der Waals surface area contributed by atoms with Gasteiger partial charge in [-0.25, -0.2) is 4.79 Å². The molecule has 2 amide bonds. The molecular weight excluding hydrogens is 1040 g/mol. The number of alkyl halides is 9. The topological polar surface area (TPSA) is 114 Å². The summed E-state index contributed by atoms with van der Waals surface area (Å²) in [6.07, 6.45) is -16.2. The third-order valence-corrected chi connectivity index (χ3v) is 16.4. The predicted molar refractivity (Wildman–Crippen MR) is 278 cm³/mol. The molecule has 0 fully saturated rings. The van der Waals surface area contributed by atoms with Crippen LogP contribution in [0.2, 0.25) is 0 Å². The Balaban J connectivity index is 1.12. The molecule has 4 N–H and O–H groups in total. The van der Waals surface area contributed by atoms with E-state index in [4.69, 9.17) is 35.9 Å². The molecule has 1 aliphatic rings. The number of benzene rings is 7. The Bertz CT molecular complexity index is 3080. The van der Waals surface area contributed by atoms with Crippen molar-refractivity contribution in [1.29, 1.82) is 0 Å². The first-order valence-corrected chi connectivity index (χ1v) is 25.3. The van der Waals surface area contributed by atoms with Crippen LogP contribution in [0.4, 0.5) is 55.7 Å². The molecule has 0 radical (unpaired) electrons. The number of fused-ring (bicyclic) bond motifs is 1. The van der Waals surface area contributed by atoms with Crippen LogP contribution in [0.3, 0.4) is 0 Å². The highest BCUT2D eigenvalue weighted by Crippen LogP contribution is 2.48. The Morgan fingerprint density at radius 1 is 0.618 bits per heavy atom. The van der Waals surface area contributed by atoms with Gasteiger partial charge in [0.2, 0.25) is 0 Å². The van der Waals surface area contributed by atoms with Crippen molar-refractivity contribution in [3.05, 3.63) is 197 Å². The van der Waals surface area contributed by atoms with Crippen LogP contribution in [-0.4, -0.2) is 45.1 Å². The molecule has 1 aliphatic carbocycles. The average Bonchev–Trinajstić information content (AvgIpc) is 3.76. The van der Waals surface area contributed by atoms with Crippen molar-refractivity contribution in [3.63, 3.8) is 0 Å². The molecule has 3 atom stereocenters. The van der Waals surface area contributed by atoms with E-state index in [-0.39, 0.29) is 42.0 Å². The molecule has 0 bridgehead atoms. The number of methoxy groups -OCH3 is 3. The van der Waals surface area contributed by atoms with Gasteiger partial charge in [0.25, 0.3) is 0 Å². The third-order valence-electron chi connectivity index (χ3n) is 12.5. The van der Waals surface area contributed by atoms with Crippen molar-refractivity contribution < 1.29 is 63.3 Å². The van der Waals surface area contributed by atoms with Crippen molar-refractivity contribution in [3.8, 4) is 23.0 Å². The number of rotatable bonds is 15. The van der Waals surface area contributed by atoms with Crippen molar-refractivity contribution in [2.45, 2.75) is 43.1 Å². The van der Waals surface area contributed by atoms with Crippen LogP contribution in [0.1, 0.15) is 45.5 Å². The summed E-state index contributed by atoms with van der Waals surface area (Å²) in [5, 5.41) is 13.7. The zero-order valence-electron chi connectivity index (χ0n) is 40.5. The Hall–Kier alpha value is -7.70. The third kappa shape index (κ3) is 12.5. The van der Waals surface area contributed by atoms with Gasteiger partial charge in [0.1, 0.15) is 29.1 Å². The van der Waals surface area contributed by atoms with Crippen LogP contribution in [-0.2, 0) is 24.9 Å². The Morgan fingerprint density at radius 2 is 1.12 bits per heavy atom. The first-order chi connectivity index (χ1) is 36.2. The Morgan fingerprint density at radius 3 is 1.62 bits per heavy atom. The SMILES string of the molecule is COc1ccc(P(=NCC(NC(=S)NC2c3ccccc3CC2Oc2ccc(C(F)(F)F)cc2NC(=O)Nc2cc(C(F)(F)F)cc(C(F)(F)F)c2)c2ccccc2)(c2ccc(OC)cc2)c2ccc(OC)cc2)cc1. The normalized spacial score (nSPS) is 14.9. The number of hydrogen-bond acceptors (Lipinski definition) is 7. The second-order valence-corrected chi connectivity index (χ2v) is 20.8. The van der Waals surface area contributed by atoms with E-state index in [1.807, 2.05) is 121 Å². The number of urea groups is 1. The van der Waals surface area contributed by atoms with Crippen LogP contribution >= 0.6 is 19.3 Å². The summed E-state index contributed by atoms with van der Waals surface area (Å²) >= 11 is 6.07. The molecule has 76 heavy (non-hydrogen) atoms. The molecule has 0 aromatic heterocycles. The molecule has 21 heteroatoms. The van der Waals surface area contributed by atoms with E-state index in [1.54, 1.807) is 33.5 Å². The number of ether oxygens (including phenoxy) is 4. The fourth-order valence-electron chi connectivity index (χ4n) is 8.77. The van der Waals surface area contributed by atoms with Crippen LogP contribution in [0, 0.1) is 0 Å². The number of carbonyl (C=O) groups is 1. The second kappa shape index (κ2) is 22.6. The number of amides is 2. The summed E-state index contributed by atoms with van der Waals surface area (Å²) in [5.74, 6) is 1.65. The minimum atomic E-state index is -5.24. The van der Waals surface area contributed by atoms with Crippen molar-refractivity contribution >= 4 is 57.7 Å². The minimum Gasteiger partial charge on any atom is -0.497 e. The molecule has 0 saturated heterocycles. The van der Waals surface area contributed by atoms with Gasteiger partial charge in [-0.1, -0.05) is 54.6 Å². The maximum atomic E-state index is 14.1. The summed E-state index contributed by atoms with van der Waals surface area (Å²) in [6, 6.07) is 39.8. The quantitative estimate of drug-likeness (QED) is 0.0456. The van der Waals surface area contributed by atoms with Gasteiger partial charge in [-0.05, 0) is 138 Å². The highest BCUT2D eigenvalue weighted by Gasteiger charge is 2.39. The Labute approximate surface area is 436 Å². The number of nitrogens with one attached hydrogen (secondary N) is 4. The van der Waals surface area contributed by atoms with Crippen molar-refractivity contribution in [2.75, 3.05) is 38.5 Å². The van der Waals surface area contributed by atoms with E-state index >= 15 is 0 Å². The molecule has 0 heterocycles. The number of nitrogens with zero attached hydrogens (tertiary/aromatic N) is 1. The number of carbonyl (C=O) groups excluding carboxylic acids is 1. The lowest BCUT2D eigenvalue weighted by Gasteiger charge is -2.30. The van der Waals surface area contributed by atoms with Gasteiger partial charge in [0.15, 0.2) is 5.11 Å². The largest absolute Gasteiger partial charge is 0.497 e. The molecule has 7 aromatic rings. The van der Waals surface area contributed by atoms with Gasteiger partial charge < -0.3 is 40.2 Å². The molecular formula is C55H47F9N5O5PS. The van der Waals surface area contributed by atoms with E-state index < -0.39 is 77.9 Å². The molecule has 396 valence electrons. The summed E-state index contributed by atoms with van der Waals surface area (Å²) in [4.78, 5) is 13.3. The average molecular weight is 1090 g/mol. The number of hydrogen-bond donors (Lipinski definition) is 4. The second-order valence-electron chi connectivity index (χ2n) is 17.3. The molecule has 3 unspecified atom stereocenters. The van der Waals surface area contributed by atoms with Crippen LogP contribution in [0.5, 0.6) is 23.0 Å². The van der Waals surface area contributed by atoms with Gasteiger partial charge in [0, 0.05) is 28.0 Å². The Kier molecular flexibility index (Phi) is 16.3. The van der Waals surface area contributed by atoms with Crippen LogP contribution < -0.4 is 56.1 Å². The maximum absolute atomic E-state index is 14.1. The lowest BCUT2D eigenvalue weighted by Crippen LogP contribution is -2.44. The van der Waals surface area contributed by atoms with Gasteiger partial charge in [-0.3, -0.25) is 4.74 Å². The summed E-state index contributed by atoms with van der Waals surface area (Å²) < 4.78 is 153. The molecule has 0 aliphatic heterocycles. The predicted octanol–water partition coefficient (Wildman–Crippen LogP) is 12.8. The van der Waals surface area contributed by atoms with Gasteiger partial charge in [0.05, 0.1) is 69.4 Å². The fourth-order valence-corrected chi connectivity index (χ4v) is 12.6.